The second-order valence-corrected chi connectivity index (χ2v) is 10.1. The summed E-state index contributed by atoms with van der Waals surface area (Å²) in [4.78, 5) is 10.3. The first-order valence-electron chi connectivity index (χ1n) is 14.7. The van der Waals surface area contributed by atoms with Gasteiger partial charge in [-0.1, -0.05) is 148 Å². The Morgan fingerprint density at radius 3 is 1.15 bits per heavy atom. The topological polar surface area (TPSA) is 60.4 Å². The van der Waals surface area contributed by atoms with Crippen molar-refractivity contribution in [2.45, 2.75) is 174 Å². The number of carbonyl (C=O) groups excluding carboxylic acids is 1. The molecule has 0 saturated carbocycles. The van der Waals surface area contributed by atoms with Gasteiger partial charge in [-0.3, -0.25) is 0 Å². The van der Waals surface area contributed by atoms with Crippen LogP contribution in [0.1, 0.15) is 174 Å². The van der Waals surface area contributed by atoms with Crippen molar-refractivity contribution in [1.82, 2.24) is 0 Å². The van der Waals surface area contributed by atoms with E-state index in [0.29, 0.717) is 0 Å². The monoisotopic (exact) mass is 488 g/mol. The van der Waals surface area contributed by atoms with Gasteiger partial charge in [-0.2, -0.15) is 0 Å². The zero-order valence-electron chi connectivity index (χ0n) is 23.2. The fourth-order valence-electron chi connectivity index (χ4n) is 4.53. The molecule has 0 unspecified atom stereocenters. The first-order chi connectivity index (χ1) is 16.2. The molecule has 0 aromatic rings. The molecule has 0 radical (unpaired) electrons. The Morgan fingerprint density at radius 2 is 0.853 bits per heavy atom. The van der Waals surface area contributed by atoms with Crippen molar-refractivity contribution in [3.63, 3.8) is 0 Å². The van der Waals surface area contributed by atoms with Gasteiger partial charge in [0, 0.05) is 12.4 Å². The molecule has 0 heterocycles. The van der Waals surface area contributed by atoms with Crippen LogP contribution in [0.25, 0.3) is 0 Å². The number of hydrogen-bond acceptors (Lipinski definition) is 3. The van der Waals surface area contributed by atoms with Gasteiger partial charge in [0.25, 0.3) is 0 Å². The Balaban J connectivity index is 0. The number of carbonyl (C=O) groups is 1. The number of carboxylic acid groups (broad SMARTS) is 1. The molecule has 0 bridgehead atoms. The van der Waals surface area contributed by atoms with Gasteiger partial charge in [0.1, 0.15) is 0 Å². The fraction of sp³-hybridized carbons (Fsp3) is 0.900. The molecule has 0 aliphatic rings. The third-order valence-corrected chi connectivity index (χ3v) is 6.77. The van der Waals surface area contributed by atoms with Crippen LogP contribution in [-0.4, -0.2) is 11.1 Å². The molecular weight excluding hydrogens is 431 g/mol. The molecule has 0 atom stereocenters. The molecule has 0 spiro atoms. The molecule has 0 amide bonds. The maximum absolute atomic E-state index is 10.3. The van der Waals surface area contributed by atoms with Crippen molar-refractivity contribution in [2.75, 3.05) is 0 Å². The zero-order chi connectivity index (χ0) is 24.2. The number of hydrogen-bond donors (Lipinski definition) is 1. The summed E-state index contributed by atoms with van der Waals surface area (Å²) in [7, 11) is 0. The van der Waals surface area contributed by atoms with E-state index >= 15 is 0 Å². The molecule has 196 valence electrons. The van der Waals surface area contributed by atoms with E-state index in [0.717, 1.165) is 12.8 Å². The average molecular weight is 489 g/mol. The molecule has 0 fully saturated rings. The Bertz CT molecular complexity index is 437. The van der Waals surface area contributed by atoms with Gasteiger partial charge in [-0.25, -0.2) is 0 Å². The normalized spacial score (nSPS) is 11.5. The van der Waals surface area contributed by atoms with E-state index < -0.39 is 5.97 Å². The van der Waals surface area contributed by atoms with Crippen molar-refractivity contribution in [2.24, 2.45) is 0 Å². The molecule has 0 rings (SSSR count). The minimum absolute atomic E-state index is 0. The first kappa shape index (κ1) is 36.2. The number of aliphatic carboxylic acids is 1. The second-order valence-electron chi connectivity index (χ2n) is 10.1. The zero-order valence-corrected chi connectivity index (χ0v) is 25.2. The number of allylic oxidation sites excluding steroid dienone is 2. The summed E-state index contributed by atoms with van der Waals surface area (Å²) < 4.78 is 0. The van der Waals surface area contributed by atoms with E-state index in [9.17, 15) is 15.0 Å². The number of aliphatic hydroxyl groups excluding tert-OH is 1. The molecule has 0 aromatic carbocycles. The van der Waals surface area contributed by atoms with Crippen LogP contribution in [0.15, 0.2) is 11.8 Å². The Morgan fingerprint density at radius 1 is 0.559 bits per heavy atom. The van der Waals surface area contributed by atoms with Crippen molar-refractivity contribution in [1.29, 1.82) is 0 Å². The Labute approximate surface area is 235 Å². The third kappa shape index (κ3) is 32.0. The second kappa shape index (κ2) is 31.0. The summed E-state index contributed by atoms with van der Waals surface area (Å²) in [5, 5.41) is 19.9. The summed E-state index contributed by atoms with van der Waals surface area (Å²) >= 11 is 0. The smallest absolute Gasteiger partial charge is 0.550 e. The van der Waals surface area contributed by atoms with Gasteiger partial charge >= 0.3 is 29.6 Å². The van der Waals surface area contributed by atoms with Crippen LogP contribution >= 0.6 is 0 Å². The SMILES string of the molecule is CCCCCCCCCCCCCCCCCCCCCCCCCC=C(O)CCC(=O)[O-].[Na+]. The number of rotatable bonds is 27. The first-order valence-corrected chi connectivity index (χ1v) is 14.7. The van der Waals surface area contributed by atoms with E-state index in [1.165, 1.54) is 141 Å². The molecule has 1 N–H and O–H groups in total. The van der Waals surface area contributed by atoms with Crippen LogP contribution in [0.4, 0.5) is 0 Å². The summed E-state index contributed by atoms with van der Waals surface area (Å²) in [5.41, 5.74) is 0. The van der Waals surface area contributed by atoms with Crippen molar-refractivity contribution in [3.8, 4) is 0 Å². The minimum Gasteiger partial charge on any atom is -0.550 e. The molecule has 0 saturated heterocycles. The van der Waals surface area contributed by atoms with Gasteiger partial charge < -0.3 is 15.0 Å². The van der Waals surface area contributed by atoms with Crippen LogP contribution in [-0.2, 0) is 4.79 Å². The number of unbranched alkanes of at least 4 members (excludes halogenated alkanes) is 23. The molecular formula is C30H57NaO3. The van der Waals surface area contributed by atoms with E-state index in [2.05, 4.69) is 6.92 Å². The summed E-state index contributed by atoms with van der Waals surface area (Å²) in [6, 6.07) is 0. The predicted molar refractivity (Wildman–Crippen MR) is 141 cm³/mol. The molecule has 0 aliphatic carbocycles. The average Bonchev–Trinajstić information content (AvgIpc) is 2.80. The van der Waals surface area contributed by atoms with Gasteiger partial charge in [0.2, 0.25) is 0 Å². The van der Waals surface area contributed by atoms with E-state index in [4.69, 9.17) is 0 Å². The fourth-order valence-corrected chi connectivity index (χ4v) is 4.53. The van der Waals surface area contributed by atoms with Crippen molar-refractivity contribution in [3.05, 3.63) is 11.8 Å². The van der Waals surface area contributed by atoms with Gasteiger partial charge in [0.15, 0.2) is 0 Å². The summed E-state index contributed by atoms with van der Waals surface area (Å²) in [5.74, 6) is -0.910. The minimum atomic E-state index is -1.10. The summed E-state index contributed by atoms with van der Waals surface area (Å²) in [6.07, 6.45) is 34.7. The predicted octanol–water partition coefficient (Wildman–Crippen LogP) is 6.34. The van der Waals surface area contributed by atoms with E-state index in [1.807, 2.05) is 0 Å². The number of aliphatic hydroxyl groups is 1. The maximum Gasteiger partial charge on any atom is 1.00 e. The van der Waals surface area contributed by atoms with Crippen molar-refractivity contribution >= 4 is 5.97 Å². The molecule has 0 aliphatic heterocycles. The van der Waals surface area contributed by atoms with Crippen LogP contribution < -0.4 is 34.7 Å². The number of carboxylic acids is 1. The molecule has 3 nitrogen and oxygen atoms in total. The maximum atomic E-state index is 10.3. The summed E-state index contributed by atoms with van der Waals surface area (Å²) in [6.45, 7) is 2.29. The van der Waals surface area contributed by atoms with Gasteiger partial charge in [0.05, 0.1) is 5.76 Å². The van der Waals surface area contributed by atoms with Crippen LogP contribution in [0.3, 0.4) is 0 Å². The largest absolute Gasteiger partial charge is 1.00 e. The standard InChI is InChI=1S/C30H58O3.Na/c1-2-3-4-5-6-7-8-9-10-11-12-13-14-15-16-17-18-19-20-21-22-23-24-25-26-29(31)27-28-30(32)33;/h26,31H,2-25,27-28H2,1H3,(H,32,33);/q;+1/p-1. The molecule has 34 heavy (non-hydrogen) atoms. The third-order valence-electron chi connectivity index (χ3n) is 6.77. The van der Waals surface area contributed by atoms with Gasteiger partial charge in [-0.05, 0) is 25.3 Å². The Hall–Kier alpha value is 0.0100. The van der Waals surface area contributed by atoms with Crippen LogP contribution in [0, 0.1) is 0 Å². The van der Waals surface area contributed by atoms with Crippen LogP contribution in [0.2, 0.25) is 0 Å². The van der Waals surface area contributed by atoms with E-state index in [-0.39, 0.29) is 48.2 Å². The van der Waals surface area contributed by atoms with Gasteiger partial charge in [-0.15, -0.1) is 0 Å². The molecule has 4 heteroatoms. The Kier molecular flexibility index (Phi) is 33.0. The quantitative estimate of drug-likeness (QED) is 0.0833. The van der Waals surface area contributed by atoms with Crippen LogP contribution in [0.5, 0.6) is 0 Å². The molecule has 0 aromatic heterocycles. The van der Waals surface area contributed by atoms with E-state index in [1.54, 1.807) is 6.08 Å². The van der Waals surface area contributed by atoms with Crippen molar-refractivity contribution < 1.29 is 44.6 Å².